The first-order chi connectivity index (χ1) is 8.94. The standard InChI is InChI=1S/C10H7F6NO3/c11-9(12,13)5(8(19)20)4-17-6(10(14,15)16)2-1-3-7(17)18/h1-3,5H,4H2,(H,19,20). The molecule has 1 heterocycles. The van der Waals surface area contributed by atoms with Gasteiger partial charge in [-0.05, 0) is 6.07 Å². The van der Waals surface area contributed by atoms with Crippen molar-refractivity contribution in [2.45, 2.75) is 18.9 Å². The molecule has 112 valence electrons. The van der Waals surface area contributed by atoms with Crippen molar-refractivity contribution in [2.75, 3.05) is 0 Å². The summed E-state index contributed by atoms with van der Waals surface area (Å²) in [6.07, 6.45) is -10.3. The lowest BCUT2D eigenvalue weighted by Gasteiger charge is -2.20. The minimum atomic E-state index is -5.27. The van der Waals surface area contributed by atoms with E-state index in [9.17, 15) is 35.9 Å². The first-order valence-electron chi connectivity index (χ1n) is 5.01. The Kier molecular flexibility index (Phi) is 4.15. The minimum Gasteiger partial charge on any atom is -0.481 e. The lowest BCUT2D eigenvalue weighted by atomic mass is 10.1. The van der Waals surface area contributed by atoms with Gasteiger partial charge in [0.25, 0.3) is 5.56 Å². The predicted octanol–water partition coefficient (Wildman–Crippen LogP) is 2.13. The predicted molar refractivity (Wildman–Crippen MR) is 52.9 cm³/mol. The van der Waals surface area contributed by atoms with Gasteiger partial charge in [-0.3, -0.25) is 9.59 Å². The van der Waals surface area contributed by atoms with Crippen LogP contribution in [0.15, 0.2) is 23.0 Å². The van der Waals surface area contributed by atoms with Crippen molar-refractivity contribution < 1.29 is 36.2 Å². The summed E-state index contributed by atoms with van der Waals surface area (Å²) in [5.74, 6) is -5.47. The van der Waals surface area contributed by atoms with Crippen molar-refractivity contribution in [1.29, 1.82) is 0 Å². The van der Waals surface area contributed by atoms with E-state index in [1.54, 1.807) is 0 Å². The second-order valence-corrected chi connectivity index (χ2v) is 3.79. The number of alkyl halides is 6. The van der Waals surface area contributed by atoms with E-state index in [1.807, 2.05) is 0 Å². The Hall–Kier alpha value is -2.00. The average molecular weight is 303 g/mol. The second-order valence-electron chi connectivity index (χ2n) is 3.79. The van der Waals surface area contributed by atoms with Crippen LogP contribution >= 0.6 is 0 Å². The van der Waals surface area contributed by atoms with Crippen LogP contribution in [0.5, 0.6) is 0 Å². The first-order valence-corrected chi connectivity index (χ1v) is 5.01. The summed E-state index contributed by atoms with van der Waals surface area (Å²) in [6.45, 7) is -1.65. The maximum Gasteiger partial charge on any atom is 0.431 e. The molecule has 1 atom stereocenters. The molecule has 0 aliphatic rings. The SMILES string of the molecule is O=C(O)C(Cn1c(C(F)(F)F)cccc1=O)C(F)(F)F. The average Bonchev–Trinajstić information content (AvgIpc) is 2.23. The van der Waals surface area contributed by atoms with Crippen LogP contribution in [-0.4, -0.2) is 21.8 Å². The lowest BCUT2D eigenvalue weighted by molar-refractivity contribution is -0.197. The van der Waals surface area contributed by atoms with Gasteiger partial charge in [0.2, 0.25) is 0 Å². The van der Waals surface area contributed by atoms with Crippen LogP contribution in [0, 0.1) is 5.92 Å². The van der Waals surface area contributed by atoms with Crippen molar-refractivity contribution in [3.05, 3.63) is 34.2 Å². The zero-order valence-corrected chi connectivity index (χ0v) is 9.50. The van der Waals surface area contributed by atoms with Gasteiger partial charge >= 0.3 is 18.3 Å². The van der Waals surface area contributed by atoms with E-state index in [0.29, 0.717) is 12.1 Å². The van der Waals surface area contributed by atoms with Crippen LogP contribution in [0.3, 0.4) is 0 Å². The lowest BCUT2D eigenvalue weighted by Crippen LogP contribution is -2.39. The van der Waals surface area contributed by atoms with Crippen molar-refractivity contribution in [1.82, 2.24) is 4.57 Å². The number of halogens is 6. The quantitative estimate of drug-likeness (QED) is 0.870. The smallest absolute Gasteiger partial charge is 0.431 e. The Labute approximate surface area is 107 Å². The summed E-state index contributed by atoms with van der Waals surface area (Å²) < 4.78 is 74.8. The number of carboxylic acids is 1. The number of aliphatic carboxylic acids is 1. The molecule has 10 heteroatoms. The molecule has 0 radical (unpaired) electrons. The Bertz CT molecular complexity index is 559. The number of aromatic nitrogens is 1. The third-order valence-electron chi connectivity index (χ3n) is 2.40. The van der Waals surface area contributed by atoms with Crippen LogP contribution < -0.4 is 5.56 Å². The topological polar surface area (TPSA) is 59.3 Å². The number of hydrogen-bond acceptors (Lipinski definition) is 2. The summed E-state index contributed by atoms with van der Waals surface area (Å²) in [5.41, 5.74) is -3.00. The van der Waals surface area contributed by atoms with E-state index < -0.39 is 42.0 Å². The molecule has 1 rings (SSSR count). The number of carboxylic acid groups (broad SMARTS) is 1. The Morgan fingerprint density at radius 3 is 2.15 bits per heavy atom. The molecule has 1 aromatic rings. The molecular formula is C10H7F6NO3. The van der Waals surface area contributed by atoms with Crippen LogP contribution in [0.25, 0.3) is 0 Å². The molecule has 0 fully saturated rings. The summed E-state index contributed by atoms with van der Waals surface area (Å²) in [4.78, 5) is 21.8. The van der Waals surface area contributed by atoms with Crippen LogP contribution in [0.2, 0.25) is 0 Å². The molecule has 0 saturated heterocycles. The number of pyridine rings is 1. The highest BCUT2D eigenvalue weighted by atomic mass is 19.4. The zero-order chi connectivity index (χ0) is 15.7. The minimum absolute atomic E-state index is 0.244. The van der Waals surface area contributed by atoms with E-state index in [1.165, 1.54) is 0 Å². The second kappa shape index (κ2) is 5.17. The van der Waals surface area contributed by atoms with Gasteiger partial charge in [-0.2, -0.15) is 26.3 Å². The van der Waals surface area contributed by atoms with Crippen molar-refractivity contribution in [3.63, 3.8) is 0 Å². The van der Waals surface area contributed by atoms with E-state index in [0.717, 1.165) is 6.07 Å². The largest absolute Gasteiger partial charge is 0.481 e. The summed E-state index contributed by atoms with van der Waals surface area (Å²) in [5, 5.41) is 8.44. The molecular weight excluding hydrogens is 296 g/mol. The van der Waals surface area contributed by atoms with Gasteiger partial charge in [-0.1, -0.05) is 6.07 Å². The maximum atomic E-state index is 12.6. The number of hydrogen-bond donors (Lipinski definition) is 1. The molecule has 1 unspecified atom stereocenters. The monoisotopic (exact) mass is 303 g/mol. The highest BCUT2D eigenvalue weighted by Gasteiger charge is 2.46. The third-order valence-corrected chi connectivity index (χ3v) is 2.40. The number of rotatable bonds is 3. The molecule has 4 nitrogen and oxygen atoms in total. The van der Waals surface area contributed by atoms with Crippen molar-refractivity contribution in [2.24, 2.45) is 5.92 Å². The molecule has 1 N–H and O–H groups in total. The van der Waals surface area contributed by atoms with E-state index in [4.69, 9.17) is 5.11 Å². The molecule has 0 aromatic carbocycles. The van der Waals surface area contributed by atoms with Gasteiger partial charge in [0.05, 0.1) is 0 Å². The molecule has 0 saturated carbocycles. The van der Waals surface area contributed by atoms with Crippen LogP contribution in [-0.2, 0) is 17.5 Å². The molecule has 0 aliphatic heterocycles. The molecule has 0 amide bonds. The Balaban J connectivity index is 3.34. The number of nitrogens with zero attached hydrogens (tertiary/aromatic N) is 1. The molecule has 0 spiro atoms. The van der Waals surface area contributed by atoms with Gasteiger partial charge in [-0.25, -0.2) is 0 Å². The van der Waals surface area contributed by atoms with Gasteiger partial charge < -0.3 is 9.67 Å². The van der Waals surface area contributed by atoms with E-state index in [-0.39, 0.29) is 4.57 Å². The summed E-state index contributed by atoms with van der Waals surface area (Å²) in [6, 6.07) is 1.74. The highest BCUT2D eigenvalue weighted by Crippen LogP contribution is 2.31. The molecule has 0 bridgehead atoms. The molecule has 20 heavy (non-hydrogen) atoms. The van der Waals surface area contributed by atoms with Crippen molar-refractivity contribution >= 4 is 5.97 Å². The van der Waals surface area contributed by atoms with E-state index in [2.05, 4.69) is 0 Å². The summed E-state index contributed by atoms with van der Waals surface area (Å²) in [7, 11) is 0. The van der Waals surface area contributed by atoms with Gasteiger partial charge in [-0.15, -0.1) is 0 Å². The van der Waals surface area contributed by atoms with Gasteiger partial charge in [0.15, 0.2) is 5.92 Å². The molecule has 1 aromatic heterocycles. The highest BCUT2D eigenvalue weighted by molar-refractivity contribution is 5.70. The molecule has 0 aliphatic carbocycles. The number of carbonyl (C=O) groups is 1. The van der Waals surface area contributed by atoms with Gasteiger partial charge in [0.1, 0.15) is 5.69 Å². The fraction of sp³-hybridized carbons (Fsp3) is 0.400. The third kappa shape index (κ3) is 3.52. The first kappa shape index (κ1) is 16.1. The summed E-state index contributed by atoms with van der Waals surface area (Å²) >= 11 is 0. The Morgan fingerprint density at radius 1 is 1.20 bits per heavy atom. The Morgan fingerprint density at radius 2 is 1.75 bits per heavy atom. The zero-order valence-electron chi connectivity index (χ0n) is 9.50. The van der Waals surface area contributed by atoms with E-state index >= 15 is 0 Å². The fourth-order valence-electron chi connectivity index (χ4n) is 1.46. The van der Waals surface area contributed by atoms with Crippen LogP contribution in [0.4, 0.5) is 26.3 Å². The fourth-order valence-corrected chi connectivity index (χ4v) is 1.46. The van der Waals surface area contributed by atoms with Crippen LogP contribution in [0.1, 0.15) is 5.69 Å². The maximum absolute atomic E-state index is 12.6. The normalized spacial score (nSPS) is 14.1. The van der Waals surface area contributed by atoms with Crippen molar-refractivity contribution in [3.8, 4) is 0 Å². The van der Waals surface area contributed by atoms with Gasteiger partial charge in [0, 0.05) is 12.6 Å².